The summed E-state index contributed by atoms with van der Waals surface area (Å²) >= 11 is 0. The normalized spacial score (nSPS) is 18.3. The number of hydrogen-bond acceptors (Lipinski definition) is 7. The van der Waals surface area contributed by atoms with Crippen molar-refractivity contribution in [2.45, 2.75) is 30.6 Å². The predicted molar refractivity (Wildman–Crippen MR) is 50.3 cm³/mol. The monoisotopic (exact) mass is 291 g/mol. The summed E-state index contributed by atoms with van der Waals surface area (Å²) in [6.45, 7) is -1.03. The largest absolute Gasteiger partial charge is 0.471 e. The second-order valence-electron chi connectivity index (χ2n) is 3.49. The third-order valence-corrected chi connectivity index (χ3v) is 2.02. The molecule has 0 aromatic heterocycles. The minimum atomic E-state index is -5.37. The van der Waals surface area contributed by atoms with Crippen molar-refractivity contribution in [3.8, 4) is 0 Å². The van der Waals surface area contributed by atoms with Gasteiger partial charge >= 0.3 is 12.1 Å². The summed E-state index contributed by atoms with van der Waals surface area (Å²) < 4.78 is 35.4. The Morgan fingerprint density at radius 2 is 1.53 bits per heavy atom. The van der Waals surface area contributed by atoms with Gasteiger partial charge < -0.3 is 25.5 Å². The zero-order chi connectivity index (χ0) is 15.4. The maximum absolute atomic E-state index is 11.8. The van der Waals surface area contributed by atoms with Gasteiger partial charge in [0.05, 0.1) is 6.61 Å². The lowest BCUT2D eigenvalue weighted by Gasteiger charge is -2.24. The Bertz CT molecular complexity index is 335. The van der Waals surface area contributed by atoms with Crippen LogP contribution in [0.1, 0.15) is 0 Å². The van der Waals surface area contributed by atoms with Crippen LogP contribution in [0.5, 0.6) is 0 Å². The summed E-state index contributed by atoms with van der Waals surface area (Å²) in [5.41, 5.74) is 0. The molecule has 0 rings (SSSR count). The molecule has 0 saturated heterocycles. The number of amides is 2. The van der Waals surface area contributed by atoms with Gasteiger partial charge in [-0.2, -0.15) is 13.2 Å². The number of carbonyl (C=O) groups is 2. The first-order chi connectivity index (χ1) is 8.52. The first-order valence-corrected chi connectivity index (χ1v) is 4.77. The molecule has 0 bridgehead atoms. The summed E-state index contributed by atoms with van der Waals surface area (Å²) in [4.78, 5) is 21.3. The van der Waals surface area contributed by atoms with E-state index in [2.05, 4.69) is 0 Å². The van der Waals surface area contributed by atoms with Crippen molar-refractivity contribution in [1.82, 2.24) is 5.32 Å². The van der Waals surface area contributed by atoms with Gasteiger partial charge in [0.2, 0.25) is 0 Å². The highest BCUT2D eigenvalue weighted by molar-refractivity contribution is 5.99. The van der Waals surface area contributed by atoms with Crippen LogP contribution in [0.25, 0.3) is 0 Å². The Balaban J connectivity index is 4.61. The molecule has 0 fully saturated rings. The predicted octanol–water partition coefficient (Wildman–Crippen LogP) is -3.37. The molecule has 0 aliphatic rings. The van der Waals surface area contributed by atoms with Crippen LogP contribution in [0.2, 0.25) is 0 Å². The molecule has 0 aromatic carbocycles. The van der Waals surface area contributed by atoms with Crippen LogP contribution in [0, 0.1) is 0 Å². The summed E-state index contributed by atoms with van der Waals surface area (Å²) in [6.07, 6.45) is -14.5. The summed E-state index contributed by atoms with van der Waals surface area (Å²) in [7, 11) is 0. The Labute approximate surface area is 104 Å². The summed E-state index contributed by atoms with van der Waals surface area (Å²) in [6, 6.07) is 0. The molecule has 4 atom stereocenters. The van der Waals surface area contributed by atoms with E-state index in [1.54, 1.807) is 0 Å². The van der Waals surface area contributed by atoms with Crippen LogP contribution in [0.15, 0.2) is 0 Å². The first-order valence-electron chi connectivity index (χ1n) is 4.77. The zero-order valence-corrected chi connectivity index (χ0v) is 9.20. The molecule has 0 heterocycles. The fourth-order valence-corrected chi connectivity index (χ4v) is 0.934. The van der Waals surface area contributed by atoms with E-state index < -0.39 is 49.0 Å². The van der Waals surface area contributed by atoms with Crippen LogP contribution < -0.4 is 5.32 Å². The van der Waals surface area contributed by atoms with Gasteiger partial charge in [-0.1, -0.05) is 0 Å². The van der Waals surface area contributed by atoms with E-state index in [9.17, 15) is 22.8 Å². The molecule has 0 unspecified atom stereocenters. The van der Waals surface area contributed by atoms with Gasteiger partial charge in [0.1, 0.15) is 18.3 Å². The van der Waals surface area contributed by atoms with Crippen LogP contribution >= 0.6 is 0 Å². The number of aliphatic hydroxyl groups is 5. The standard InChI is InChI=1S/C8H12F3NO7/c9-8(10,11)7(19)12-6(18)5(17)4(16)3(15)2(14)1-13/h2-5,13-17H,1H2,(H,12,18,19)/t2-,3-,4+,5-/m1/s1. The van der Waals surface area contributed by atoms with Crippen molar-refractivity contribution in [3.63, 3.8) is 0 Å². The van der Waals surface area contributed by atoms with Gasteiger partial charge in [-0.3, -0.25) is 14.9 Å². The molecule has 0 spiro atoms. The topological polar surface area (TPSA) is 147 Å². The average Bonchev–Trinajstić information content (AvgIpc) is 2.33. The molecule has 0 saturated carbocycles. The maximum atomic E-state index is 11.8. The lowest BCUT2D eigenvalue weighted by Crippen LogP contribution is -2.54. The summed E-state index contributed by atoms with van der Waals surface area (Å²) in [5.74, 6) is -4.58. The molecule has 0 aromatic rings. The molecule has 112 valence electrons. The van der Waals surface area contributed by atoms with Gasteiger partial charge in [0, 0.05) is 0 Å². The number of nitrogens with one attached hydrogen (secondary N) is 1. The molecular formula is C8H12F3NO7. The van der Waals surface area contributed by atoms with E-state index in [-0.39, 0.29) is 0 Å². The SMILES string of the molecule is O=C(NC(=O)C(F)(F)F)[C@H](O)[C@@H](O)[C@H](O)[C@H](O)CO. The van der Waals surface area contributed by atoms with E-state index in [0.29, 0.717) is 0 Å². The minimum Gasteiger partial charge on any atom is -0.394 e. The molecule has 0 aliphatic heterocycles. The second kappa shape index (κ2) is 6.77. The molecule has 19 heavy (non-hydrogen) atoms. The van der Waals surface area contributed by atoms with Crippen LogP contribution in [0.4, 0.5) is 13.2 Å². The second-order valence-corrected chi connectivity index (χ2v) is 3.49. The van der Waals surface area contributed by atoms with Gasteiger partial charge in [-0.05, 0) is 0 Å². The number of aliphatic hydroxyl groups excluding tert-OH is 5. The first kappa shape index (κ1) is 17.7. The number of rotatable bonds is 5. The van der Waals surface area contributed by atoms with Crippen molar-refractivity contribution >= 4 is 11.8 Å². The Kier molecular flexibility index (Phi) is 6.32. The molecule has 0 radical (unpaired) electrons. The van der Waals surface area contributed by atoms with Crippen molar-refractivity contribution in [1.29, 1.82) is 0 Å². The van der Waals surface area contributed by atoms with Gasteiger partial charge in [0.15, 0.2) is 6.10 Å². The van der Waals surface area contributed by atoms with Crippen LogP contribution in [-0.2, 0) is 9.59 Å². The quantitative estimate of drug-likeness (QED) is 0.310. The number of imide groups is 1. The molecular weight excluding hydrogens is 279 g/mol. The third-order valence-electron chi connectivity index (χ3n) is 2.02. The Hall–Kier alpha value is -1.27. The third kappa shape index (κ3) is 5.08. The molecule has 8 nitrogen and oxygen atoms in total. The van der Waals surface area contributed by atoms with Gasteiger partial charge in [0.25, 0.3) is 5.91 Å². The molecule has 0 aliphatic carbocycles. The van der Waals surface area contributed by atoms with Crippen LogP contribution in [0.3, 0.4) is 0 Å². The van der Waals surface area contributed by atoms with Crippen molar-refractivity contribution in [2.75, 3.05) is 6.61 Å². The zero-order valence-electron chi connectivity index (χ0n) is 9.20. The van der Waals surface area contributed by atoms with E-state index >= 15 is 0 Å². The molecule has 2 amide bonds. The molecule has 11 heteroatoms. The van der Waals surface area contributed by atoms with E-state index in [1.807, 2.05) is 0 Å². The van der Waals surface area contributed by atoms with Crippen molar-refractivity contribution in [2.24, 2.45) is 0 Å². The smallest absolute Gasteiger partial charge is 0.394 e. The van der Waals surface area contributed by atoms with E-state index in [1.165, 1.54) is 0 Å². The number of hydrogen-bond donors (Lipinski definition) is 6. The number of alkyl halides is 3. The fourth-order valence-electron chi connectivity index (χ4n) is 0.934. The van der Waals surface area contributed by atoms with Gasteiger partial charge in [-0.15, -0.1) is 0 Å². The van der Waals surface area contributed by atoms with E-state index in [0.717, 1.165) is 5.32 Å². The number of carbonyl (C=O) groups excluding carboxylic acids is 2. The minimum absolute atomic E-state index is 0.744. The highest BCUT2D eigenvalue weighted by Crippen LogP contribution is 2.14. The highest BCUT2D eigenvalue weighted by Gasteiger charge is 2.42. The maximum Gasteiger partial charge on any atom is 0.471 e. The molecule has 6 N–H and O–H groups in total. The Morgan fingerprint density at radius 1 is 1.05 bits per heavy atom. The number of halogens is 3. The van der Waals surface area contributed by atoms with Crippen LogP contribution in [-0.4, -0.2) is 74.5 Å². The average molecular weight is 291 g/mol. The van der Waals surface area contributed by atoms with Gasteiger partial charge in [-0.25, -0.2) is 0 Å². The lowest BCUT2D eigenvalue weighted by molar-refractivity contribution is -0.177. The van der Waals surface area contributed by atoms with Crippen molar-refractivity contribution in [3.05, 3.63) is 0 Å². The fraction of sp³-hybridized carbons (Fsp3) is 0.750. The highest BCUT2D eigenvalue weighted by atomic mass is 19.4. The van der Waals surface area contributed by atoms with Crippen molar-refractivity contribution < 1.29 is 48.3 Å². The van der Waals surface area contributed by atoms with E-state index in [4.69, 9.17) is 25.5 Å². The Morgan fingerprint density at radius 3 is 1.89 bits per heavy atom. The summed E-state index contributed by atoms with van der Waals surface area (Å²) in [5, 5.41) is 45.4. The lowest BCUT2D eigenvalue weighted by atomic mass is 10.0.